The molecule has 0 saturated heterocycles. The summed E-state index contributed by atoms with van der Waals surface area (Å²) in [5.41, 5.74) is 6.50. The highest BCUT2D eigenvalue weighted by atomic mass is 35.5. The topological polar surface area (TPSA) is 79.5 Å². The van der Waals surface area contributed by atoms with Crippen LogP contribution in [0.5, 0.6) is 5.75 Å². The number of benzene rings is 3. The van der Waals surface area contributed by atoms with Crippen molar-refractivity contribution in [3.05, 3.63) is 100 Å². The number of amides is 2. The molecule has 0 saturated carbocycles. The quantitative estimate of drug-likeness (QED) is 0.358. The number of ether oxygens (including phenoxy) is 1. The summed E-state index contributed by atoms with van der Waals surface area (Å²) in [7, 11) is 0. The first-order chi connectivity index (χ1) is 15.4. The molecule has 6 nitrogen and oxygen atoms in total. The van der Waals surface area contributed by atoms with Crippen molar-refractivity contribution in [1.29, 1.82) is 0 Å². The number of carbonyl (C=O) groups excluding carboxylic acids is 2. The Morgan fingerprint density at radius 1 is 0.875 bits per heavy atom. The molecule has 0 fully saturated rings. The van der Waals surface area contributed by atoms with E-state index in [1.54, 1.807) is 12.1 Å². The average Bonchev–Trinajstić information content (AvgIpc) is 2.79. The van der Waals surface area contributed by atoms with Crippen LogP contribution in [-0.2, 0) is 9.59 Å². The van der Waals surface area contributed by atoms with Crippen LogP contribution in [-0.4, -0.2) is 23.5 Å². The molecule has 3 N–H and O–H groups in total. The van der Waals surface area contributed by atoms with Crippen molar-refractivity contribution in [2.24, 2.45) is 0 Å². The zero-order valence-electron chi connectivity index (χ0n) is 16.7. The van der Waals surface area contributed by atoms with Gasteiger partial charge in [0.15, 0.2) is 11.7 Å². The average molecular weight is 488 g/mol. The van der Waals surface area contributed by atoms with Gasteiger partial charge in [-0.25, -0.2) is 0 Å². The summed E-state index contributed by atoms with van der Waals surface area (Å²) in [6.45, 7) is -0.318. The number of halogens is 2. The lowest BCUT2D eigenvalue weighted by Crippen LogP contribution is -2.50. The Balaban J connectivity index is 1.54. The van der Waals surface area contributed by atoms with E-state index in [1.165, 1.54) is 6.07 Å². The van der Waals surface area contributed by atoms with Crippen molar-refractivity contribution < 1.29 is 14.3 Å². The molecule has 0 heterocycles. The maximum absolute atomic E-state index is 13.0. The summed E-state index contributed by atoms with van der Waals surface area (Å²) < 4.78 is 5.35. The molecular formula is C23H19Cl2N3O3S. The fraction of sp³-hybridized carbons (Fsp3) is 0.0870. The lowest BCUT2D eigenvalue weighted by atomic mass is 9.90. The van der Waals surface area contributed by atoms with E-state index < -0.39 is 11.8 Å². The van der Waals surface area contributed by atoms with Crippen LogP contribution in [0.1, 0.15) is 17.0 Å². The summed E-state index contributed by atoms with van der Waals surface area (Å²) >= 11 is 17.0. The molecule has 9 heteroatoms. The number of rotatable bonds is 6. The van der Waals surface area contributed by atoms with Gasteiger partial charge in [0.05, 0.1) is 10.9 Å². The third-order valence-corrected chi connectivity index (χ3v) is 5.07. The predicted molar refractivity (Wildman–Crippen MR) is 129 cm³/mol. The van der Waals surface area contributed by atoms with E-state index in [0.29, 0.717) is 10.8 Å². The van der Waals surface area contributed by atoms with E-state index in [2.05, 4.69) is 16.2 Å². The van der Waals surface area contributed by atoms with E-state index in [-0.39, 0.29) is 22.6 Å². The van der Waals surface area contributed by atoms with Gasteiger partial charge in [0, 0.05) is 5.02 Å². The number of nitrogens with one attached hydrogen (secondary N) is 3. The molecule has 0 aliphatic rings. The Hall–Kier alpha value is -3.13. The van der Waals surface area contributed by atoms with Gasteiger partial charge in [-0.2, -0.15) is 0 Å². The van der Waals surface area contributed by atoms with Crippen LogP contribution in [0, 0.1) is 0 Å². The second-order valence-electron chi connectivity index (χ2n) is 6.61. The molecule has 0 bridgehead atoms. The van der Waals surface area contributed by atoms with Gasteiger partial charge in [0.2, 0.25) is 5.91 Å². The maximum atomic E-state index is 13.0. The molecule has 2 amide bonds. The highest BCUT2D eigenvalue weighted by Gasteiger charge is 2.23. The van der Waals surface area contributed by atoms with Gasteiger partial charge in [-0.05, 0) is 41.5 Å². The minimum absolute atomic E-state index is 0.0512. The van der Waals surface area contributed by atoms with E-state index in [9.17, 15) is 9.59 Å². The van der Waals surface area contributed by atoms with E-state index in [0.717, 1.165) is 11.1 Å². The van der Waals surface area contributed by atoms with Crippen molar-refractivity contribution >= 4 is 52.3 Å². The van der Waals surface area contributed by atoms with Crippen molar-refractivity contribution in [3.8, 4) is 5.75 Å². The van der Waals surface area contributed by atoms with Gasteiger partial charge in [-0.15, -0.1) is 0 Å². The maximum Gasteiger partial charge on any atom is 0.276 e. The first-order valence-corrected chi connectivity index (χ1v) is 10.7. The van der Waals surface area contributed by atoms with Crippen molar-refractivity contribution in [3.63, 3.8) is 0 Å². The lowest BCUT2D eigenvalue weighted by Gasteiger charge is -2.19. The minimum atomic E-state index is -0.566. The predicted octanol–water partition coefficient (Wildman–Crippen LogP) is 4.23. The Bertz CT molecular complexity index is 1060. The van der Waals surface area contributed by atoms with Crippen molar-refractivity contribution in [1.82, 2.24) is 16.2 Å². The molecule has 0 atom stereocenters. The highest BCUT2D eigenvalue weighted by Crippen LogP contribution is 2.27. The monoisotopic (exact) mass is 487 g/mol. The van der Waals surface area contributed by atoms with E-state index in [1.807, 2.05) is 60.7 Å². The Morgan fingerprint density at radius 3 is 2.03 bits per heavy atom. The molecule has 0 spiro atoms. The fourth-order valence-corrected chi connectivity index (χ4v) is 3.51. The van der Waals surface area contributed by atoms with Gasteiger partial charge in [0.1, 0.15) is 5.75 Å². The largest absolute Gasteiger partial charge is 0.482 e. The summed E-state index contributed by atoms with van der Waals surface area (Å²) in [6, 6.07) is 23.4. The third-order valence-electron chi connectivity index (χ3n) is 4.33. The van der Waals surface area contributed by atoms with Gasteiger partial charge in [-0.1, -0.05) is 83.9 Å². The van der Waals surface area contributed by atoms with Crippen molar-refractivity contribution in [2.75, 3.05) is 6.61 Å². The lowest BCUT2D eigenvalue weighted by molar-refractivity contribution is -0.124. The van der Waals surface area contributed by atoms with E-state index in [4.69, 9.17) is 40.2 Å². The summed E-state index contributed by atoms with van der Waals surface area (Å²) in [5.74, 6) is -1.10. The highest BCUT2D eigenvalue weighted by molar-refractivity contribution is 7.80. The summed E-state index contributed by atoms with van der Waals surface area (Å²) in [6.07, 6.45) is 0. The number of hydrazine groups is 1. The first kappa shape index (κ1) is 23.5. The molecule has 0 aliphatic carbocycles. The molecule has 0 aromatic heterocycles. The first-order valence-electron chi connectivity index (χ1n) is 9.51. The number of thiocarbonyl (C=S) groups is 1. The summed E-state index contributed by atoms with van der Waals surface area (Å²) in [4.78, 5) is 25.0. The van der Waals surface area contributed by atoms with Crippen LogP contribution < -0.4 is 20.9 Å². The zero-order chi connectivity index (χ0) is 22.9. The molecule has 3 aromatic rings. The molecule has 3 aromatic carbocycles. The Kier molecular flexibility index (Phi) is 8.44. The van der Waals surface area contributed by atoms with Gasteiger partial charge >= 0.3 is 0 Å². The van der Waals surface area contributed by atoms with Gasteiger partial charge in [0.25, 0.3) is 5.91 Å². The number of hydrogen-bond acceptors (Lipinski definition) is 4. The second kappa shape index (κ2) is 11.5. The second-order valence-corrected chi connectivity index (χ2v) is 7.86. The molecule has 0 radical (unpaired) electrons. The standard InChI is InChI=1S/C23H19Cl2N3O3S/c24-17-11-12-19(18(25)13-17)31-14-20(29)27-28-23(32)26-22(30)21(15-7-3-1-4-8-15)16-9-5-2-6-10-16/h1-13,21H,14H2,(H,27,29)(H2,26,28,30,32). The molecule has 0 aliphatic heterocycles. The van der Waals surface area contributed by atoms with Crippen LogP contribution in [0.25, 0.3) is 0 Å². The molecule has 164 valence electrons. The van der Waals surface area contributed by atoms with Crippen LogP contribution >= 0.6 is 35.4 Å². The molecule has 3 rings (SSSR count). The van der Waals surface area contributed by atoms with Gasteiger partial charge in [-0.3, -0.25) is 20.4 Å². The van der Waals surface area contributed by atoms with Crippen LogP contribution in [0.3, 0.4) is 0 Å². The summed E-state index contributed by atoms with van der Waals surface area (Å²) in [5, 5.41) is 3.30. The Morgan fingerprint density at radius 2 is 1.47 bits per heavy atom. The Labute approximate surface area is 200 Å². The smallest absolute Gasteiger partial charge is 0.276 e. The SMILES string of the molecule is O=C(COc1ccc(Cl)cc1Cl)NNC(=S)NC(=O)C(c1ccccc1)c1ccccc1. The molecular weight excluding hydrogens is 469 g/mol. The number of hydrogen-bond donors (Lipinski definition) is 3. The minimum Gasteiger partial charge on any atom is -0.482 e. The third kappa shape index (κ3) is 6.68. The van der Waals surface area contributed by atoms with Crippen LogP contribution in [0.4, 0.5) is 0 Å². The fourth-order valence-electron chi connectivity index (χ4n) is 2.90. The zero-order valence-corrected chi connectivity index (χ0v) is 19.0. The van der Waals surface area contributed by atoms with Gasteiger partial charge < -0.3 is 10.1 Å². The van der Waals surface area contributed by atoms with E-state index >= 15 is 0 Å². The molecule has 0 unspecified atom stereocenters. The molecule has 32 heavy (non-hydrogen) atoms. The van der Waals surface area contributed by atoms with Crippen molar-refractivity contribution in [2.45, 2.75) is 5.92 Å². The normalized spacial score (nSPS) is 10.3. The number of carbonyl (C=O) groups is 2. The van der Waals surface area contributed by atoms with Crippen LogP contribution in [0.15, 0.2) is 78.9 Å². The van der Waals surface area contributed by atoms with Crippen LogP contribution in [0.2, 0.25) is 10.0 Å².